The lowest BCUT2D eigenvalue weighted by atomic mass is 9.93. The molecular formula is C9H15NO3. The average molecular weight is 185 g/mol. The number of likely N-dealkylation sites (tertiary alicyclic amines) is 1. The maximum atomic E-state index is 11.3. The molecule has 1 fully saturated rings. The lowest BCUT2D eigenvalue weighted by Crippen LogP contribution is -2.31. The Morgan fingerprint density at radius 1 is 1.46 bits per heavy atom. The summed E-state index contributed by atoms with van der Waals surface area (Å²) in [5.74, 6) is -1.31. The fourth-order valence-corrected chi connectivity index (χ4v) is 1.57. The summed E-state index contributed by atoms with van der Waals surface area (Å²) in [5, 5.41) is 8.43. The van der Waals surface area contributed by atoms with Crippen LogP contribution in [0.5, 0.6) is 0 Å². The second-order valence-corrected chi connectivity index (χ2v) is 4.30. The number of nitrogens with zero attached hydrogens (tertiary/aromatic N) is 1. The van der Waals surface area contributed by atoms with Gasteiger partial charge in [0.25, 0.3) is 0 Å². The van der Waals surface area contributed by atoms with Gasteiger partial charge in [-0.3, -0.25) is 9.59 Å². The Bertz CT molecular complexity index is 235. The van der Waals surface area contributed by atoms with Crippen molar-refractivity contribution in [3.63, 3.8) is 0 Å². The van der Waals surface area contributed by atoms with Gasteiger partial charge in [-0.15, -0.1) is 0 Å². The number of hydrogen-bond donors (Lipinski definition) is 1. The van der Waals surface area contributed by atoms with E-state index >= 15 is 0 Å². The van der Waals surface area contributed by atoms with Crippen LogP contribution in [0.1, 0.15) is 26.7 Å². The second-order valence-electron chi connectivity index (χ2n) is 4.30. The van der Waals surface area contributed by atoms with Gasteiger partial charge >= 0.3 is 5.97 Å². The van der Waals surface area contributed by atoms with E-state index in [9.17, 15) is 9.59 Å². The van der Waals surface area contributed by atoms with Crippen LogP contribution in [0, 0.1) is 5.41 Å². The van der Waals surface area contributed by atoms with E-state index in [2.05, 4.69) is 13.8 Å². The maximum absolute atomic E-state index is 11.3. The first-order valence-corrected chi connectivity index (χ1v) is 4.40. The standard InChI is InChI=1S/C9H15NO3/c1-9(2)3-4-10(6-9)7(11)5-8(12)13/h3-6H2,1-2H3,(H,12,13). The fraction of sp³-hybridized carbons (Fsp3) is 0.778. The van der Waals surface area contributed by atoms with Crippen LogP contribution in [0.25, 0.3) is 0 Å². The molecule has 0 aromatic carbocycles. The van der Waals surface area contributed by atoms with E-state index in [4.69, 9.17) is 5.11 Å². The van der Waals surface area contributed by atoms with Crippen LogP contribution < -0.4 is 0 Å². The highest BCUT2D eigenvalue weighted by Crippen LogP contribution is 2.28. The van der Waals surface area contributed by atoms with Crippen molar-refractivity contribution in [2.75, 3.05) is 13.1 Å². The number of carboxylic acid groups (broad SMARTS) is 1. The molecular weight excluding hydrogens is 170 g/mol. The number of carbonyl (C=O) groups is 2. The molecule has 0 aromatic rings. The number of rotatable bonds is 2. The third-order valence-electron chi connectivity index (χ3n) is 2.33. The van der Waals surface area contributed by atoms with Gasteiger partial charge in [-0.2, -0.15) is 0 Å². The Kier molecular flexibility index (Phi) is 2.59. The number of aliphatic carboxylic acids is 1. The van der Waals surface area contributed by atoms with Crippen LogP contribution in [0.2, 0.25) is 0 Å². The first-order chi connectivity index (χ1) is 5.91. The first-order valence-electron chi connectivity index (χ1n) is 4.40. The van der Waals surface area contributed by atoms with Gasteiger partial charge in [0, 0.05) is 13.1 Å². The Balaban J connectivity index is 2.47. The summed E-state index contributed by atoms with van der Waals surface area (Å²) >= 11 is 0. The Labute approximate surface area is 77.5 Å². The van der Waals surface area contributed by atoms with Crippen molar-refractivity contribution in [1.29, 1.82) is 0 Å². The second kappa shape index (κ2) is 3.36. The molecule has 1 saturated heterocycles. The summed E-state index contributed by atoms with van der Waals surface area (Å²) in [6, 6.07) is 0. The normalized spacial score (nSPS) is 20.3. The highest BCUT2D eigenvalue weighted by atomic mass is 16.4. The van der Waals surface area contributed by atoms with Crippen LogP contribution in [-0.2, 0) is 9.59 Å². The number of carbonyl (C=O) groups excluding carboxylic acids is 1. The van der Waals surface area contributed by atoms with Gasteiger partial charge < -0.3 is 10.0 Å². The molecule has 74 valence electrons. The minimum atomic E-state index is -1.05. The largest absolute Gasteiger partial charge is 0.481 e. The van der Waals surface area contributed by atoms with Crippen LogP contribution in [0.15, 0.2) is 0 Å². The van der Waals surface area contributed by atoms with E-state index in [1.807, 2.05) is 0 Å². The molecule has 1 N–H and O–H groups in total. The summed E-state index contributed by atoms with van der Waals surface area (Å²) in [4.78, 5) is 23.2. The molecule has 0 unspecified atom stereocenters. The molecule has 1 heterocycles. The van der Waals surface area contributed by atoms with Crippen molar-refractivity contribution < 1.29 is 14.7 Å². The molecule has 1 aliphatic rings. The van der Waals surface area contributed by atoms with Gasteiger partial charge in [-0.1, -0.05) is 13.8 Å². The Morgan fingerprint density at radius 2 is 2.08 bits per heavy atom. The lowest BCUT2D eigenvalue weighted by Gasteiger charge is -2.18. The van der Waals surface area contributed by atoms with Crippen molar-refractivity contribution in [2.45, 2.75) is 26.7 Å². The third kappa shape index (κ3) is 2.72. The fourth-order valence-electron chi connectivity index (χ4n) is 1.57. The van der Waals surface area contributed by atoms with Gasteiger partial charge in [-0.05, 0) is 11.8 Å². The minimum absolute atomic E-state index is 0.147. The van der Waals surface area contributed by atoms with Crippen LogP contribution in [0.4, 0.5) is 0 Å². The third-order valence-corrected chi connectivity index (χ3v) is 2.33. The van der Waals surface area contributed by atoms with Crippen molar-refractivity contribution in [2.24, 2.45) is 5.41 Å². The summed E-state index contributed by atoms with van der Waals surface area (Å²) in [6.45, 7) is 5.54. The van der Waals surface area contributed by atoms with E-state index in [-0.39, 0.29) is 17.7 Å². The van der Waals surface area contributed by atoms with E-state index in [0.29, 0.717) is 13.1 Å². The molecule has 0 bridgehead atoms. The summed E-state index contributed by atoms with van der Waals surface area (Å²) in [7, 11) is 0. The van der Waals surface area contributed by atoms with E-state index < -0.39 is 5.97 Å². The topological polar surface area (TPSA) is 57.6 Å². The molecule has 4 heteroatoms. The van der Waals surface area contributed by atoms with Crippen LogP contribution in [0.3, 0.4) is 0 Å². The molecule has 0 spiro atoms. The Morgan fingerprint density at radius 3 is 2.46 bits per heavy atom. The Hall–Kier alpha value is -1.06. The summed E-state index contributed by atoms with van der Waals surface area (Å²) in [6.07, 6.45) is 0.578. The average Bonchev–Trinajstić information content (AvgIpc) is 2.28. The van der Waals surface area contributed by atoms with E-state index in [0.717, 1.165) is 6.42 Å². The van der Waals surface area contributed by atoms with Crippen LogP contribution >= 0.6 is 0 Å². The van der Waals surface area contributed by atoms with Gasteiger partial charge in [0.05, 0.1) is 0 Å². The SMILES string of the molecule is CC1(C)CCN(C(=O)CC(=O)O)C1. The number of amides is 1. The number of hydrogen-bond acceptors (Lipinski definition) is 2. The molecule has 0 atom stereocenters. The predicted octanol–water partition coefficient (Wildman–Crippen LogP) is 0.720. The molecule has 0 aliphatic carbocycles. The van der Waals surface area contributed by atoms with Gasteiger partial charge in [-0.25, -0.2) is 0 Å². The molecule has 4 nitrogen and oxygen atoms in total. The van der Waals surface area contributed by atoms with Gasteiger partial charge in [0.1, 0.15) is 6.42 Å². The van der Waals surface area contributed by atoms with Crippen molar-refractivity contribution in [3.05, 3.63) is 0 Å². The number of carboxylic acids is 1. The quantitative estimate of drug-likeness (QED) is 0.645. The molecule has 1 amide bonds. The van der Waals surface area contributed by atoms with Gasteiger partial charge in [0.15, 0.2) is 0 Å². The van der Waals surface area contributed by atoms with Crippen molar-refractivity contribution >= 4 is 11.9 Å². The molecule has 0 saturated carbocycles. The van der Waals surface area contributed by atoms with Crippen LogP contribution in [-0.4, -0.2) is 35.0 Å². The summed E-state index contributed by atoms with van der Waals surface area (Å²) < 4.78 is 0. The maximum Gasteiger partial charge on any atom is 0.312 e. The zero-order valence-corrected chi connectivity index (χ0v) is 8.04. The van der Waals surface area contributed by atoms with E-state index in [1.165, 1.54) is 0 Å². The smallest absolute Gasteiger partial charge is 0.312 e. The molecule has 1 aliphatic heterocycles. The predicted molar refractivity (Wildman–Crippen MR) is 47.2 cm³/mol. The molecule has 0 radical (unpaired) electrons. The highest BCUT2D eigenvalue weighted by Gasteiger charge is 2.32. The zero-order valence-electron chi connectivity index (χ0n) is 8.04. The highest BCUT2D eigenvalue weighted by molar-refractivity contribution is 5.93. The lowest BCUT2D eigenvalue weighted by molar-refractivity contribution is -0.143. The monoisotopic (exact) mass is 185 g/mol. The van der Waals surface area contributed by atoms with Crippen molar-refractivity contribution in [3.8, 4) is 0 Å². The van der Waals surface area contributed by atoms with Crippen molar-refractivity contribution in [1.82, 2.24) is 4.90 Å². The van der Waals surface area contributed by atoms with Gasteiger partial charge in [0.2, 0.25) is 5.91 Å². The first kappa shape index (κ1) is 10.0. The zero-order chi connectivity index (χ0) is 10.1. The molecule has 1 rings (SSSR count). The molecule has 13 heavy (non-hydrogen) atoms. The summed E-state index contributed by atoms with van der Waals surface area (Å²) in [5.41, 5.74) is 0.147. The molecule has 0 aromatic heterocycles. The van der Waals surface area contributed by atoms with E-state index in [1.54, 1.807) is 4.90 Å². The minimum Gasteiger partial charge on any atom is -0.481 e.